The van der Waals surface area contributed by atoms with Crippen molar-refractivity contribution in [3.63, 3.8) is 0 Å². The minimum absolute atomic E-state index is 0.110. The Balaban J connectivity index is 2.84. The van der Waals surface area contributed by atoms with Gasteiger partial charge in [0.25, 0.3) is 0 Å². The van der Waals surface area contributed by atoms with Crippen LogP contribution in [0.1, 0.15) is 12.8 Å². The summed E-state index contributed by atoms with van der Waals surface area (Å²) in [6.07, 6.45) is -2.91. The second-order valence-electron chi connectivity index (χ2n) is 2.56. The van der Waals surface area contributed by atoms with Gasteiger partial charge in [0.1, 0.15) is 0 Å². The first-order chi connectivity index (χ1) is 6.05. The van der Waals surface area contributed by atoms with Crippen LogP contribution in [-0.4, -0.2) is 23.7 Å². The van der Waals surface area contributed by atoms with Crippen molar-refractivity contribution in [3.8, 4) is 0 Å². The molecule has 1 heterocycles. The number of halogens is 3. The number of alkyl halides is 3. The molecule has 74 valence electrons. The van der Waals surface area contributed by atoms with Gasteiger partial charge in [-0.15, -0.1) is 0 Å². The largest absolute Gasteiger partial charge is 0.501 e. The average molecular weight is 195 g/mol. The van der Waals surface area contributed by atoms with Crippen LogP contribution in [0.5, 0.6) is 0 Å². The molecule has 0 aromatic heterocycles. The molecular formula is C7H8F3NO2. The zero-order chi connectivity index (χ0) is 9.90. The van der Waals surface area contributed by atoms with Crippen molar-refractivity contribution >= 4 is 5.71 Å². The molecule has 0 aromatic rings. The van der Waals surface area contributed by atoms with Crippen molar-refractivity contribution in [3.05, 3.63) is 11.8 Å². The SMILES string of the molecule is O/N=C(/C1=COCCC1)C(F)(F)F. The predicted molar refractivity (Wildman–Crippen MR) is 38.5 cm³/mol. The molecule has 1 rings (SSSR count). The molecule has 0 fully saturated rings. The molecule has 6 heteroatoms. The summed E-state index contributed by atoms with van der Waals surface area (Å²) in [6, 6.07) is 0. The third kappa shape index (κ3) is 2.37. The maximum absolute atomic E-state index is 12.1. The van der Waals surface area contributed by atoms with Crippen LogP contribution in [0, 0.1) is 0 Å². The molecular weight excluding hydrogens is 187 g/mol. The summed E-state index contributed by atoms with van der Waals surface area (Å²) >= 11 is 0. The second-order valence-corrected chi connectivity index (χ2v) is 2.56. The summed E-state index contributed by atoms with van der Waals surface area (Å²) in [6.45, 7) is 0.403. The van der Waals surface area contributed by atoms with Crippen LogP contribution in [0.4, 0.5) is 13.2 Å². The van der Waals surface area contributed by atoms with Gasteiger partial charge in [0.05, 0.1) is 12.9 Å². The highest BCUT2D eigenvalue weighted by Gasteiger charge is 2.39. The highest BCUT2D eigenvalue weighted by molar-refractivity contribution is 6.03. The van der Waals surface area contributed by atoms with Gasteiger partial charge in [-0.05, 0) is 12.8 Å². The van der Waals surface area contributed by atoms with E-state index >= 15 is 0 Å². The molecule has 1 aliphatic heterocycles. The molecule has 1 aliphatic rings. The minimum Gasteiger partial charge on any atom is -0.501 e. The van der Waals surface area contributed by atoms with Crippen molar-refractivity contribution in [2.45, 2.75) is 19.0 Å². The van der Waals surface area contributed by atoms with E-state index in [0.29, 0.717) is 13.0 Å². The number of oxime groups is 1. The molecule has 13 heavy (non-hydrogen) atoms. The van der Waals surface area contributed by atoms with Gasteiger partial charge in [0.15, 0.2) is 5.71 Å². The molecule has 0 aliphatic carbocycles. The van der Waals surface area contributed by atoms with Crippen LogP contribution in [-0.2, 0) is 4.74 Å². The summed E-state index contributed by atoms with van der Waals surface area (Å²) in [4.78, 5) is 0. The van der Waals surface area contributed by atoms with Crippen LogP contribution in [0.2, 0.25) is 0 Å². The van der Waals surface area contributed by atoms with E-state index in [2.05, 4.69) is 5.16 Å². The fourth-order valence-electron chi connectivity index (χ4n) is 1.04. The smallest absolute Gasteiger partial charge is 0.437 e. The zero-order valence-corrected chi connectivity index (χ0v) is 6.64. The Morgan fingerprint density at radius 2 is 2.23 bits per heavy atom. The zero-order valence-electron chi connectivity index (χ0n) is 6.64. The highest BCUT2D eigenvalue weighted by Crippen LogP contribution is 2.26. The van der Waals surface area contributed by atoms with E-state index in [1.165, 1.54) is 0 Å². The highest BCUT2D eigenvalue weighted by atomic mass is 19.4. The van der Waals surface area contributed by atoms with E-state index in [0.717, 1.165) is 6.26 Å². The molecule has 0 unspecified atom stereocenters. The number of allylic oxidation sites excluding steroid dienone is 1. The lowest BCUT2D eigenvalue weighted by Gasteiger charge is -2.15. The van der Waals surface area contributed by atoms with E-state index in [1.807, 2.05) is 0 Å². The number of hydrogen-bond donors (Lipinski definition) is 1. The van der Waals surface area contributed by atoms with Gasteiger partial charge in [0.2, 0.25) is 0 Å². The normalized spacial score (nSPS) is 19.3. The van der Waals surface area contributed by atoms with Gasteiger partial charge in [0, 0.05) is 5.57 Å². The molecule has 0 saturated heterocycles. The van der Waals surface area contributed by atoms with Gasteiger partial charge in [-0.3, -0.25) is 0 Å². The van der Waals surface area contributed by atoms with E-state index in [-0.39, 0.29) is 12.0 Å². The van der Waals surface area contributed by atoms with Crippen LogP contribution >= 0.6 is 0 Å². The fourth-order valence-corrected chi connectivity index (χ4v) is 1.04. The number of ether oxygens (including phenoxy) is 1. The van der Waals surface area contributed by atoms with Crippen LogP contribution in [0.25, 0.3) is 0 Å². The summed E-state index contributed by atoms with van der Waals surface area (Å²) < 4.78 is 41.1. The first-order valence-electron chi connectivity index (χ1n) is 3.66. The first-order valence-corrected chi connectivity index (χ1v) is 3.66. The Hall–Kier alpha value is -1.20. The van der Waals surface area contributed by atoms with Gasteiger partial charge in [-0.25, -0.2) is 0 Å². The number of rotatable bonds is 1. The van der Waals surface area contributed by atoms with Gasteiger partial charge < -0.3 is 9.94 Å². The molecule has 0 spiro atoms. The average Bonchev–Trinajstić information content (AvgIpc) is 2.05. The third-order valence-electron chi connectivity index (χ3n) is 1.61. The Bertz CT molecular complexity index is 245. The maximum Gasteiger partial charge on any atom is 0.437 e. The standard InChI is InChI=1S/C7H8F3NO2/c8-7(9,10)6(11-12)5-2-1-3-13-4-5/h4,12H,1-3H2/b11-6-. The summed E-state index contributed by atoms with van der Waals surface area (Å²) in [5.41, 5.74) is -1.38. The molecule has 1 N–H and O–H groups in total. The fraction of sp³-hybridized carbons (Fsp3) is 0.571. The summed E-state index contributed by atoms with van der Waals surface area (Å²) in [7, 11) is 0. The summed E-state index contributed by atoms with van der Waals surface area (Å²) in [5.74, 6) is 0. The molecule has 0 saturated carbocycles. The van der Waals surface area contributed by atoms with E-state index in [1.54, 1.807) is 0 Å². The van der Waals surface area contributed by atoms with Gasteiger partial charge in [-0.1, -0.05) is 5.16 Å². The van der Waals surface area contributed by atoms with Crippen molar-refractivity contribution in [1.82, 2.24) is 0 Å². The predicted octanol–water partition coefficient (Wildman–Crippen LogP) is 2.07. The Morgan fingerprint density at radius 1 is 1.54 bits per heavy atom. The lowest BCUT2D eigenvalue weighted by molar-refractivity contribution is -0.0607. The number of hydrogen-bond acceptors (Lipinski definition) is 3. The molecule has 0 bridgehead atoms. The monoisotopic (exact) mass is 195 g/mol. The van der Waals surface area contributed by atoms with Crippen molar-refractivity contribution in [2.75, 3.05) is 6.61 Å². The Labute approximate surface area is 72.5 Å². The number of nitrogens with zero attached hydrogens (tertiary/aromatic N) is 1. The first kappa shape index (κ1) is 9.88. The van der Waals surface area contributed by atoms with Crippen molar-refractivity contribution in [1.29, 1.82) is 0 Å². The van der Waals surface area contributed by atoms with E-state index in [9.17, 15) is 13.2 Å². The van der Waals surface area contributed by atoms with E-state index < -0.39 is 11.9 Å². The minimum atomic E-state index is -4.62. The van der Waals surface area contributed by atoms with Crippen molar-refractivity contribution in [2.24, 2.45) is 5.16 Å². The summed E-state index contributed by atoms with van der Waals surface area (Å²) in [5, 5.41) is 10.4. The molecule has 0 atom stereocenters. The van der Waals surface area contributed by atoms with Gasteiger partial charge in [-0.2, -0.15) is 13.2 Å². The molecule has 0 amide bonds. The lowest BCUT2D eigenvalue weighted by Crippen LogP contribution is -2.26. The van der Waals surface area contributed by atoms with Crippen LogP contribution in [0.3, 0.4) is 0 Å². The van der Waals surface area contributed by atoms with E-state index in [4.69, 9.17) is 9.94 Å². The Morgan fingerprint density at radius 3 is 2.62 bits per heavy atom. The topological polar surface area (TPSA) is 41.8 Å². The van der Waals surface area contributed by atoms with Crippen molar-refractivity contribution < 1.29 is 23.1 Å². The third-order valence-corrected chi connectivity index (χ3v) is 1.61. The molecule has 0 radical (unpaired) electrons. The van der Waals surface area contributed by atoms with Gasteiger partial charge >= 0.3 is 6.18 Å². The molecule has 0 aromatic carbocycles. The lowest BCUT2D eigenvalue weighted by atomic mass is 10.1. The molecule has 3 nitrogen and oxygen atoms in total. The Kier molecular flexibility index (Phi) is 2.79. The maximum atomic E-state index is 12.1. The second kappa shape index (κ2) is 3.68. The van der Waals surface area contributed by atoms with Crippen LogP contribution in [0.15, 0.2) is 17.0 Å². The van der Waals surface area contributed by atoms with Crippen LogP contribution < -0.4 is 0 Å². The quantitative estimate of drug-likeness (QED) is 0.395.